The number of imide groups is 1. The van der Waals surface area contributed by atoms with Gasteiger partial charge in [-0.15, -0.1) is 0 Å². The van der Waals surface area contributed by atoms with E-state index in [0.717, 1.165) is 27.6 Å². The Morgan fingerprint density at radius 3 is 2.42 bits per heavy atom. The lowest BCUT2D eigenvalue weighted by molar-refractivity contribution is -0.137. The monoisotopic (exact) mass is 459 g/mol. The van der Waals surface area contributed by atoms with E-state index < -0.39 is 48.1 Å². The molecule has 2 heterocycles. The normalized spacial score (nSPS) is 20.1. The number of hydrogen-bond acceptors (Lipinski definition) is 6. The number of fused-ring (bicyclic) bond motifs is 1. The first kappa shape index (κ1) is 22.4. The summed E-state index contributed by atoms with van der Waals surface area (Å²) in [7, 11) is 0. The molecule has 0 spiro atoms. The molecule has 0 radical (unpaired) electrons. The average Bonchev–Trinajstić information content (AvgIpc) is 3.27. The fourth-order valence-electron chi connectivity index (χ4n) is 3.74. The highest BCUT2D eigenvalue weighted by Crippen LogP contribution is 2.33. The third-order valence-corrected chi connectivity index (χ3v) is 5.46. The molecular formula is C22H20F3N5O3. The van der Waals surface area contributed by atoms with Gasteiger partial charge in [0.25, 0.3) is 11.8 Å². The number of alkyl halides is 3. The number of rotatable bonds is 5. The Kier molecular flexibility index (Phi) is 5.64. The Morgan fingerprint density at radius 2 is 1.79 bits per heavy atom. The minimum atomic E-state index is -4.55. The fourth-order valence-corrected chi connectivity index (χ4v) is 3.74. The van der Waals surface area contributed by atoms with E-state index in [1.807, 2.05) is 26.0 Å². The molecular weight excluding hydrogens is 439 g/mol. The van der Waals surface area contributed by atoms with Crippen molar-refractivity contribution in [3.05, 3.63) is 59.7 Å². The molecule has 2 unspecified atom stereocenters. The van der Waals surface area contributed by atoms with Crippen LogP contribution in [0.1, 0.15) is 30.9 Å². The largest absolute Gasteiger partial charge is 0.416 e. The predicted octanol–water partition coefficient (Wildman–Crippen LogP) is 3.76. The first-order valence-electron chi connectivity index (χ1n) is 10.2. The molecule has 33 heavy (non-hydrogen) atoms. The van der Waals surface area contributed by atoms with Gasteiger partial charge in [-0.2, -0.15) is 18.3 Å². The summed E-state index contributed by atoms with van der Waals surface area (Å²) in [5.74, 6) is -1.54. The molecule has 2 aromatic carbocycles. The second kappa shape index (κ2) is 8.30. The molecule has 8 nitrogen and oxygen atoms in total. The molecule has 0 aromatic heterocycles. The van der Waals surface area contributed by atoms with E-state index in [4.69, 9.17) is 0 Å². The second-order valence-corrected chi connectivity index (χ2v) is 8.08. The van der Waals surface area contributed by atoms with Gasteiger partial charge in [0.05, 0.1) is 11.3 Å². The van der Waals surface area contributed by atoms with Crippen molar-refractivity contribution in [3.63, 3.8) is 0 Å². The van der Waals surface area contributed by atoms with Crippen LogP contribution < -0.4 is 10.2 Å². The Balaban J connectivity index is 1.46. The van der Waals surface area contributed by atoms with Crippen LogP contribution >= 0.6 is 0 Å². The molecule has 2 atom stereocenters. The molecule has 172 valence electrons. The average molecular weight is 459 g/mol. The van der Waals surface area contributed by atoms with Gasteiger partial charge in [0.2, 0.25) is 5.91 Å². The van der Waals surface area contributed by atoms with Gasteiger partial charge in [-0.05, 0) is 41.8 Å². The molecule has 11 heteroatoms. The van der Waals surface area contributed by atoms with E-state index in [9.17, 15) is 27.6 Å². The van der Waals surface area contributed by atoms with Crippen LogP contribution in [0.15, 0.2) is 58.9 Å². The Labute approximate surface area is 187 Å². The van der Waals surface area contributed by atoms with Crippen molar-refractivity contribution in [2.75, 3.05) is 16.8 Å². The van der Waals surface area contributed by atoms with E-state index in [2.05, 4.69) is 15.7 Å². The minimum Gasteiger partial charge on any atom is -0.324 e. The number of carbonyl (C=O) groups is 3. The van der Waals surface area contributed by atoms with E-state index in [1.165, 1.54) is 12.1 Å². The number of anilines is 2. The van der Waals surface area contributed by atoms with Crippen molar-refractivity contribution in [3.8, 4) is 0 Å². The smallest absolute Gasteiger partial charge is 0.324 e. The number of benzene rings is 2. The van der Waals surface area contributed by atoms with Crippen molar-refractivity contribution >= 4 is 29.1 Å². The molecule has 2 aromatic rings. The van der Waals surface area contributed by atoms with Crippen molar-refractivity contribution < 1.29 is 27.6 Å². The van der Waals surface area contributed by atoms with Crippen LogP contribution in [0.2, 0.25) is 0 Å². The lowest BCUT2D eigenvalue weighted by atomic mass is 10.0. The number of carbonyl (C=O) groups excluding carboxylic acids is 3. The first-order valence-corrected chi connectivity index (χ1v) is 10.2. The Bertz CT molecular complexity index is 1130. The SMILES string of the molecule is CC(C)c1ccc(N2C(=O)C3N=NN(CC(=O)Nc4cccc(C(F)(F)F)c4)C3C2=O)cc1. The molecule has 2 aliphatic rings. The van der Waals surface area contributed by atoms with Gasteiger partial charge in [-0.1, -0.05) is 37.3 Å². The van der Waals surface area contributed by atoms with Crippen LogP contribution in [0.5, 0.6) is 0 Å². The lowest BCUT2D eigenvalue weighted by Gasteiger charge is -2.20. The molecule has 0 saturated carbocycles. The highest BCUT2D eigenvalue weighted by atomic mass is 19.4. The maximum Gasteiger partial charge on any atom is 0.416 e. The summed E-state index contributed by atoms with van der Waals surface area (Å²) in [6.45, 7) is 3.59. The quantitative estimate of drug-likeness (QED) is 0.689. The van der Waals surface area contributed by atoms with E-state index in [-0.39, 0.29) is 11.6 Å². The molecule has 2 aliphatic heterocycles. The maximum absolute atomic E-state index is 13.0. The summed E-state index contributed by atoms with van der Waals surface area (Å²) in [6.07, 6.45) is -4.55. The standard InChI is InChI=1S/C22H20F3N5O3/c1-12(2)13-6-8-16(9-7-13)30-20(32)18-19(21(30)33)29(28-27-18)11-17(31)26-15-5-3-4-14(10-15)22(23,24)25/h3-10,12,18-19H,11H2,1-2H3,(H,26,31). The summed E-state index contributed by atoms with van der Waals surface area (Å²) in [6, 6.07) is 9.02. The first-order chi connectivity index (χ1) is 15.6. The minimum absolute atomic E-state index is 0.0526. The van der Waals surface area contributed by atoms with Crippen molar-refractivity contribution in [2.24, 2.45) is 10.3 Å². The fraction of sp³-hybridized carbons (Fsp3) is 0.318. The van der Waals surface area contributed by atoms with Crippen molar-refractivity contribution in [2.45, 2.75) is 38.0 Å². The molecule has 0 bridgehead atoms. The Morgan fingerprint density at radius 1 is 1.09 bits per heavy atom. The summed E-state index contributed by atoms with van der Waals surface area (Å²) in [5.41, 5.74) is 0.484. The Hall–Kier alpha value is -3.76. The molecule has 1 saturated heterocycles. The third kappa shape index (κ3) is 4.30. The summed E-state index contributed by atoms with van der Waals surface area (Å²) < 4.78 is 38.6. The van der Waals surface area contributed by atoms with Crippen LogP contribution in [0.4, 0.5) is 24.5 Å². The predicted molar refractivity (Wildman–Crippen MR) is 112 cm³/mol. The van der Waals surface area contributed by atoms with Gasteiger partial charge >= 0.3 is 6.18 Å². The summed E-state index contributed by atoms with van der Waals surface area (Å²) in [4.78, 5) is 39.2. The summed E-state index contributed by atoms with van der Waals surface area (Å²) in [5, 5.41) is 11.1. The number of hydrogen-bond donors (Lipinski definition) is 1. The van der Waals surface area contributed by atoms with Crippen LogP contribution in [0, 0.1) is 0 Å². The van der Waals surface area contributed by atoms with Gasteiger partial charge in [0.15, 0.2) is 12.1 Å². The van der Waals surface area contributed by atoms with Gasteiger partial charge in [0, 0.05) is 5.69 Å². The zero-order valence-electron chi connectivity index (χ0n) is 17.7. The maximum atomic E-state index is 13.0. The number of nitrogens with zero attached hydrogens (tertiary/aromatic N) is 4. The van der Waals surface area contributed by atoms with Crippen LogP contribution in [-0.2, 0) is 20.6 Å². The molecule has 3 amide bonds. The topological polar surface area (TPSA) is 94.4 Å². The zero-order chi connectivity index (χ0) is 23.9. The van der Waals surface area contributed by atoms with Crippen molar-refractivity contribution in [1.29, 1.82) is 0 Å². The number of halogens is 3. The molecule has 1 N–H and O–H groups in total. The number of nitrogens with one attached hydrogen (secondary N) is 1. The lowest BCUT2D eigenvalue weighted by Crippen LogP contribution is -2.43. The van der Waals surface area contributed by atoms with Crippen LogP contribution in [0.25, 0.3) is 0 Å². The third-order valence-electron chi connectivity index (χ3n) is 5.46. The second-order valence-electron chi connectivity index (χ2n) is 8.08. The van der Waals surface area contributed by atoms with Gasteiger partial charge in [-0.3, -0.25) is 19.4 Å². The number of amides is 3. The van der Waals surface area contributed by atoms with Gasteiger partial charge < -0.3 is 5.32 Å². The molecule has 4 rings (SSSR count). The highest BCUT2D eigenvalue weighted by molar-refractivity contribution is 6.25. The zero-order valence-corrected chi connectivity index (χ0v) is 17.7. The highest BCUT2D eigenvalue weighted by Gasteiger charge is 2.55. The van der Waals surface area contributed by atoms with Crippen molar-refractivity contribution in [1.82, 2.24) is 5.01 Å². The van der Waals surface area contributed by atoms with Gasteiger partial charge in [-0.25, -0.2) is 4.90 Å². The summed E-state index contributed by atoms with van der Waals surface area (Å²) >= 11 is 0. The van der Waals surface area contributed by atoms with E-state index in [1.54, 1.807) is 12.1 Å². The van der Waals surface area contributed by atoms with Gasteiger partial charge in [0.1, 0.15) is 6.54 Å². The molecule has 0 aliphatic carbocycles. The molecule has 1 fully saturated rings. The van der Waals surface area contributed by atoms with E-state index >= 15 is 0 Å². The van der Waals surface area contributed by atoms with Crippen LogP contribution in [0.3, 0.4) is 0 Å². The van der Waals surface area contributed by atoms with Crippen LogP contribution in [-0.4, -0.2) is 41.4 Å². The van der Waals surface area contributed by atoms with E-state index in [0.29, 0.717) is 5.69 Å².